The van der Waals surface area contributed by atoms with Crippen LogP contribution in [-0.4, -0.2) is 30.1 Å². The van der Waals surface area contributed by atoms with Gasteiger partial charge in [0.15, 0.2) is 12.6 Å². The first-order chi connectivity index (χ1) is 3.91. The summed E-state index contributed by atoms with van der Waals surface area (Å²) in [6.07, 6.45) is 0.389. The maximum Gasteiger partial charge on any atom is 0.394 e. The Bertz CT molecular complexity index is 151. The molecule has 0 spiro atoms. The first-order valence-electron chi connectivity index (χ1n) is 1.50. The summed E-state index contributed by atoms with van der Waals surface area (Å²) < 4.78 is 31.6. The second-order valence-corrected chi connectivity index (χ2v) is 1.62. The van der Waals surface area contributed by atoms with Crippen LogP contribution in [0.1, 0.15) is 0 Å². The van der Waals surface area contributed by atoms with Gasteiger partial charge in [0.05, 0.1) is 0 Å². The molecule has 0 saturated carbocycles. The topological polar surface area (TPSA) is 109 Å². The lowest BCUT2D eigenvalue weighted by atomic mass is 10.9. The molecule has 0 aliphatic heterocycles. The third kappa shape index (κ3) is 4440. The number of carbonyl (C=O) groups excluding carboxylic acids is 2. The molecular formula is C2H4O6S. The van der Waals surface area contributed by atoms with Crippen LogP contribution in [0.15, 0.2) is 0 Å². The Balaban J connectivity index is 0. The van der Waals surface area contributed by atoms with Crippen molar-refractivity contribution in [3.63, 3.8) is 0 Å². The molecule has 7 heteroatoms. The summed E-state index contributed by atoms with van der Waals surface area (Å²) in [7, 11) is -4.67. The molecule has 9 heavy (non-hydrogen) atoms. The highest BCUT2D eigenvalue weighted by molar-refractivity contribution is 7.79. The van der Waals surface area contributed by atoms with Crippen molar-refractivity contribution in [1.29, 1.82) is 0 Å². The normalized spacial score (nSPS) is 8.67. The Morgan fingerprint density at radius 1 is 1.00 bits per heavy atom. The average Bonchev–Trinajstić information content (AvgIpc) is 1.61. The van der Waals surface area contributed by atoms with Crippen molar-refractivity contribution in [2.75, 3.05) is 0 Å². The number of aldehydes is 2. The highest BCUT2D eigenvalue weighted by atomic mass is 32.3. The first kappa shape index (κ1) is 11.1. The van der Waals surface area contributed by atoms with Crippen molar-refractivity contribution in [2.24, 2.45) is 0 Å². The molecule has 2 N–H and O–H groups in total. The zero-order valence-electron chi connectivity index (χ0n) is 4.09. The molecule has 0 aromatic heterocycles. The Labute approximate surface area is 51.1 Å². The highest BCUT2D eigenvalue weighted by Crippen LogP contribution is 1.59. The van der Waals surface area contributed by atoms with Crippen LogP contribution in [0.4, 0.5) is 0 Å². The lowest BCUT2D eigenvalue weighted by molar-refractivity contribution is -0.122. The number of hydrogen-bond donors (Lipinski definition) is 2. The van der Waals surface area contributed by atoms with Crippen LogP contribution >= 0.6 is 0 Å². The number of rotatable bonds is 1. The van der Waals surface area contributed by atoms with Crippen molar-refractivity contribution in [3.05, 3.63) is 0 Å². The van der Waals surface area contributed by atoms with Gasteiger partial charge in [0.1, 0.15) is 0 Å². The van der Waals surface area contributed by atoms with E-state index in [9.17, 15) is 0 Å². The van der Waals surface area contributed by atoms with E-state index in [4.69, 9.17) is 27.1 Å². The van der Waals surface area contributed by atoms with E-state index < -0.39 is 10.4 Å². The predicted molar refractivity (Wildman–Crippen MR) is 26.3 cm³/mol. The monoisotopic (exact) mass is 156 g/mol. The van der Waals surface area contributed by atoms with Gasteiger partial charge in [-0.2, -0.15) is 8.42 Å². The highest BCUT2D eigenvalue weighted by Gasteiger charge is 1.84. The summed E-state index contributed by atoms with van der Waals surface area (Å²) in [5, 5.41) is 0. The minimum Gasteiger partial charge on any atom is -0.295 e. The largest absolute Gasteiger partial charge is 0.394 e. The Morgan fingerprint density at radius 3 is 1.11 bits per heavy atom. The van der Waals surface area contributed by atoms with Crippen LogP contribution in [0.25, 0.3) is 0 Å². The Morgan fingerprint density at radius 2 is 1.11 bits per heavy atom. The van der Waals surface area contributed by atoms with Crippen molar-refractivity contribution in [3.8, 4) is 0 Å². The molecule has 0 aliphatic carbocycles. The molecule has 0 atom stereocenters. The lowest BCUT2D eigenvalue weighted by Crippen LogP contribution is -1.89. The SMILES string of the molecule is O=CC=O.O=S(=O)(O)O. The van der Waals surface area contributed by atoms with Crippen molar-refractivity contribution in [1.82, 2.24) is 0 Å². The van der Waals surface area contributed by atoms with Crippen LogP contribution in [0.5, 0.6) is 0 Å². The zero-order valence-corrected chi connectivity index (χ0v) is 4.91. The van der Waals surface area contributed by atoms with Gasteiger partial charge in [0, 0.05) is 0 Å². The van der Waals surface area contributed by atoms with Gasteiger partial charge in [-0.1, -0.05) is 0 Å². The van der Waals surface area contributed by atoms with E-state index in [1.165, 1.54) is 0 Å². The van der Waals surface area contributed by atoms with Crippen molar-refractivity contribution < 1.29 is 27.1 Å². The molecule has 0 rings (SSSR count). The minimum atomic E-state index is -4.67. The quantitative estimate of drug-likeness (QED) is 0.278. The Kier molecular flexibility index (Phi) is 6.58. The van der Waals surface area contributed by atoms with E-state index in [1.54, 1.807) is 0 Å². The molecule has 0 bridgehead atoms. The van der Waals surface area contributed by atoms with E-state index in [0.717, 1.165) is 0 Å². The van der Waals surface area contributed by atoms with Gasteiger partial charge in [-0.3, -0.25) is 18.7 Å². The van der Waals surface area contributed by atoms with Crippen molar-refractivity contribution in [2.45, 2.75) is 0 Å². The van der Waals surface area contributed by atoms with E-state index in [2.05, 4.69) is 0 Å². The molecule has 0 aliphatic rings. The molecule has 0 saturated heterocycles. The second kappa shape index (κ2) is 5.35. The fourth-order valence-electron chi connectivity index (χ4n) is 0. The van der Waals surface area contributed by atoms with Crippen LogP contribution in [-0.2, 0) is 20.0 Å². The van der Waals surface area contributed by atoms with Crippen LogP contribution < -0.4 is 0 Å². The molecular weight excluding hydrogens is 152 g/mol. The van der Waals surface area contributed by atoms with Gasteiger partial charge in [-0.15, -0.1) is 0 Å². The molecule has 0 heterocycles. The summed E-state index contributed by atoms with van der Waals surface area (Å²) in [6, 6.07) is 0. The predicted octanol–water partition coefficient (Wildman–Crippen LogP) is -1.27. The summed E-state index contributed by atoms with van der Waals surface area (Å²) in [5.41, 5.74) is 0. The standard InChI is InChI=1S/C2H2O2.H2O4S/c3-1-2-4;1-5(2,3)4/h1-2H;(H2,1,2,3,4). The summed E-state index contributed by atoms with van der Waals surface area (Å²) in [4.78, 5) is 17.6. The Hall–Kier alpha value is -0.790. The third-order valence-electron chi connectivity index (χ3n) is 0.0556. The maximum atomic E-state index is 8.81. The molecule has 0 amide bonds. The molecule has 0 aromatic rings. The average molecular weight is 156 g/mol. The second-order valence-electron chi connectivity index (χ2n) is 0.720. The van der Waals surface area contributed by atoms with Crippen LogP contribution in [0, 0.1) is 0 Å². The van der Waals surface area contributed by atoms with Crippen LogP contribution in [0.2, 0.25) is 0 Å². The van der Waals surface area contributed by atoms with E-state index in [-0.39, 0.29) is 12.6 Å². The lowest BCUT2D eigenvalue weighted by Gasteiger charge is -1.68. The van der Waals surface area contributed by atoms with E-state index in [0.29, 0.717) is 0 Å². The molecule has 0 aromatic carbocycles. The molecule has 6 nitrogen and oxygen atoms in total. The molecule has 0 unspecified atom stereocenters. The van der Waals surface area contributed by atoms with Gasteiger partial charge < -0.3 is 0 Å². The smallest absolute Gasteiger partial charge is 0.295 e. The van der Waals surface area contributed by atoms with Gasteiger partial charge >= 0.3 is 10.4 Å². The van der Waals surface area contributed by atoms with Gasteiger partial charge in [-0.25, -0.2) is 0 Å². The maximum absolute atomic E-state index is 8.81. The summed E-state index contributed by atoms with van der Waals surface area (Å²) in [5.74, 6) is 0. The van der Waals surface area contributed by atoms with Crippen LogP contribution in [0.3, 0.4) is 0 Å². The van der Waals surface area contributed by atoms with Crippen molar-refractivity contribution >= 4 is 23.0 Å². The minimum absolute atomic E-state index is 0.194. The fourth-order valence-corrected chi connectivity index (χ4v) is 0. The van der Waals surface area contributed by atoms with Gasteiger partial charge in [-0.05, 0) is 0 Å². The number of carbonyl (C=O) groups is 2. The first-order valence-corrected chi connectivity index (χ1v) is 2.90. The summed E-state index contributed by atoms with van der Waals surface area (Å²) >= 11 is 0. The molecule has 54 valence electrons. The van der Waals surface area contributed by atoms with Gasteiger partial charge in [0.2, 0.25) is 0 Å². The fraction of sp³-hybridized carbons (Fsp3) is 0. The molecule has 0 radical (unpaired) electrons. The number of hydrogen-bond acceptors (Lipinski definition) is 4. The molecule has 0 fully saturated rings. The summed E-state index contributed by atoms with van der Waals surface area (Å²) in [6.45, 7) is 0. The third-order valence-corrected chi connectivity index (χ3v) is 0.0556. The zero-order chi connectivity index (χ0) is 7.91. The van der Waals surface area contributed by atoms with Gasteiger partial charge in [0.25, 0.3) is 0 Å². The van der Waals surface area contributed by atoms with E-state index in [1.807, 2.05) is 0 Å². The van der Waals surface area contributed by atoms with E-state index >= 15 is 0 Å².